The molecule has 27 heavy (non-hydrogen) atoms. The number of nitrogens with one attached hydrogen (secondary N) is 2. The predicted molar refractivity (Wildman–Crippen MR) is 93.3 cm³/mol. The lowest BCUT2D eigenvalue weighted by molar-refractivity contribution is -0.123. The van der Waals surface area contributed by atoms with Crippen LogP contribution in [0.5, 0.6) is 0 Å². The molecule has 0 fully saturated rings. The van der Waals surface area contributed by atoms with E-state index in [0.717, 1.165) is 0 Å². The molecule has 0 saturated carbocycles. The lowest BCUT2D eigenvalue weighted by Crippen LogP contribution is -2.34. The van der Waals surface area contributed by atoms with Gasteiger partial charge in [-0.25, -0.2) is 17.9 Å². The van der Waals surface area contributed by atoms with Crippen molar-refractivity contribution in [1.29, 1.82) is 0 Å². The summed E-state index contributed by atoms with van der Waals surface area (Å²) in [5.74, 6) is -2.50. The van der Waals surface area contributed by atoms with E-state index >= 15 is 0 Å². The molecule has 0 aliphatic rings. The van der Waals surface area contributed by atoms with E-state index in [1.54, 1.807) is 0 Å². The fraction of sp³-hybridized carbons (Fsp3) is 0.118. The summed E-state index contributed by atoms with van der Waals surface area (Å²) in [5, 5.41) is 1.99. The number of furan rings is 1. The van der Waals surface area contributed by atoms with Gasteiger partial charge < -0.3 is 9.15 Å². The first-order chi connectivity index (χ1) is 12.8. The number of benzene rings is 1. The Kier molecular flexibility index (Phi) is 6.63. The lowest BCUT2D eigenvalue weighted by Gasteiger charge is -2.07. The third-order valence-electron chi connectivity index (χ3n) is 3.15. The van der Waals surface area contributed by atoms with Crippen molar-refractivity contribution in [2.24, 2.45) is 0 Å². The van der Waals surface area contributed by atoms with Crippen LogP contribution in [0.1, 0.15) is 20.9 Å². The molecule has 1 heterocycles. The van der Waals surface area contributed by atoms with Gasteiger partial charge in [-0.1, -0.05) is 6.08 Å². The van der Waals surface area contributed by atoms with Crippen LogP contribution in [0.15, 0.2) is 64.6 Å². The molecule has 9 nitrogen and oxygen atoms in total. The molecule has 0 radical (unpaired) electrons. The van der Waals surface area contributed by atoms with Gasteiger partial charge in [-0.05, 0) is 36.4 Å². The number of carbonyl (C=O) groups is 3. The molecular formula is C17H16N2O7S. The van der Waals surface area contributed by atoms with Crippen LogP contribution < -0.4 is 10.0 Å². The second-order valence-corrected chi connectivity index (χ2v) is 6.86. The highest BCUT2D eigenvalue weighted by molar-refractivity contribution is 7.89. The molecule has 0 aliphatic carbocycles. The number of amides is 2. The van der Waals surface area contributed by atoms with Crippen LogP contribution in [-0.2, 0) is 19.6 Å². The maximum Gasteiger partial charge on any atom is 0.338 e. The number of hydrogen-bond donors (Lipinski definition) is 2. The number of rotatable bonds is 8. The second kappa shape index (κ2) is 8.92. The number of hydrogen-bond acceptors (Lipinski definition) is 7. The van der Waals surface area contributed by atoms with E-state index in [4.69, 9.17) is 9.15 Å². The van der Waals surface area contributed by atoms with E-state index in [0.29, 0.717) is 0 Å². The largest absolute Gasteiger partial charge is 0.459 e. The minimum Gasteiger partial charge on any atom is -0.459 e. The second-order valence-electron chi connectivity index (χ2n) is 5.10. The summed E-state index contributed by atoms with van der Waals surface area (Å²) in [6.07, 6.45) is 2.67. The molecule has 0 unspecified atom stereocenters. The van der Waals surface area contributed by atoms with Gasteiger partial charge in [0.1, 0.15) is 0 Å². The summed E-state index contributed by atoms with van der Waals surface area (Å²) in [6.45, 7) is 2.79. The van der Waals surface area contributed by atoms with Gasteiger partial charge in [-0.15, -0.1) is 6.58 Å². The molecule has 2 aromatic rings. The SMILES string of the molecule is C=CCNS(=O)(=O)c1ccc(C(=O)OCC(=O)NC(=O)c2ccco2)cc1. The highest BCUT2D eigenvalue weighted by Crippen LogP contribution is 2.11. The molecular weight excluding hydrogens is 376 g/mol. The van der Waals surface area contributed by atoms with Gasteiger partial charge >= 0.3 is 5.97 Å². The Hall–Kier alpha value is -3.24. The monoisotopic (exact) mass is 392 g/mol. The van der Waals surface area contributed by atoms with Gasteiger partial charge in [0.05, 0.1) is 16.7 Å². The van der Waals surface area contributed by atoms with Crippen LogP contribution in [0.2, 0.25) is 0 Å². The summed E-state index contributed by atoms with van der Waals surface area (Å²) in [7, 11) is -3.71. The molecule has 0 spiro atoms. The highest BCUT2D eigenvalue weighted by atomic mass is 32.2. The van der Waals surface area contributed by atoms with Gasteiger partial charge in [0.25, 0.3) is 11.8 Å². The first-order valence-corrected chi connectivity index (χ1v) is 9.07. The molecule has 1 aromatic carbocycles. The summed E-state index contributed by atoms with van der Waals surface area (Å²) in [5.41, 5.74) is 0.0443. The van der Waals surface area contributed by atoms with E-state index < -0.39 is 34.4 Å². The lowest BCUT2D eigenvalue weighted by atomic mass is 10.2. The van der Waals surface area contributed by atoms with Crippen LogP contribution in [0, 0.1) is 0 Å². The summed E-state index contributed by atoms with van der Waals surface area (Å²) in [4.78, 5) is 35.1. The number of ether oxygens (including phenoxy) is 1. The van der Waals surface area contributed by atoms with Crippen molar-refractivity contribution in [1.82, 2.24) is 10.0 Å². The van der Waals surface area contributed by atoms with Crippen LogP contribution in [0.3, 0.4) is 0 Å². The standard InChI is InChI=1S/C17H16N2O7S/c1-2-9-18-27(23,24)13-7-5-12(6-8-13)17(22)26-11-15(20)19-16(21)14-4-3-10-25-14/h2-8,10,18H,1,9,11H2,(H,19,20,21). The Morgan fingerprint density at radius 1 is 1.15 bits per heavy atom. The van der Waals surface area contributed by atoms with Crippen molar-refractivity contribution in [2.45, 2.75) is 4.90 Å². The molecule has 2 N–H and O–H groups in total. The van der Waals surface area contributed by atoms with Crippen molar-refractivity contribution in [3.8, 4) is 0 Å². The van der Waals surface area contributed by atoms with Crippen molar-refractivity contribution in [3.63, 3.8) is 0 Å². The van der Waals surface area contributed by atoms with Gasteiger partial charge in [0.15, 0.2) is 12.4 Å². The zero-order valence-electron chi connectivity index (χ0n) is 14.0. The predicted octanol–water partition coefficient (Wildman–Crippen LogP) is 0.857. The first-order valence-electron chi connectivity index (χ1n) is 7.59. The fourth-order valence-corrected chi connectivity index (χ4v) is 2.87. The average molecular weight is 392 g/mol. The first kappa shape index (κ1) is 20.1. The van der Waals surface area contributed by atoms with E-state index in [1.165, 1.54) is 48.7 Å². The molecule has 0 atom stereocenters. The Bertz CT molecular complexity index is 932. The zero-order valence-corrected chi connectivity index (χ0v) is 14.8. The molecule has 1 aromatic heterocycles. The topological polar surface area (TPSA) is 132 Å². The van der Waals surface area contributed by atoms with Gasteiger partial charge in [0, 0.05) is 6.54 Å². The Morgan fingerprint density at radius 3 is 2.44 bits per heavy atom. The van der Waals surface area contributed by atoms with E-state index in [-0.39, 0.29) is 22.8 Å². The van der Waals surface area contributed by atoms with E-state index in [2.05, 4.69) is 11.3 Å². The minimum absolute atomic E-state index is 0.0392. The molecule has 0 bridgehead atoms. The average Bonchev–Trinajstić information content (AvgIpc) is 3.19. The molecule has 0 saturated heterocycles. The van der Waals surface area contributed by atoms with Crippen molar-refractivity contribution >= 4 is 27.8 Å². The maximum atomic E-state index is 11.9. The maximum absolute atomic E-state index is 11.9. The molecule has 2 rings (SSSR count). The molecule has 2 amide bonds. The van der Waals surface area contributed by atoms with Crippen LogP contribution in [-0.4, -0.2) is 39.4 Å². The molecule has 10 heteroatoms. The van der Waals surface area contributed by atoms with Crippen LogP contribution in [0.4, 0.5) is 0 Å². The summed E-state index contributed by atoms with van der Waals surface area (Å²) in [6, 6.07) is 7.79. The van der Waals surface area contributed by atoms with Crippen molar-refractivity contribution < 1.29 is 32.0 Å². The van der Waals surface area contributed by atoms with Crippen LogP contribution in [0.25, 0.3) is 0 Å². The zero-order chi connectivity index (χ0) is 19.9. The van der Waals surface area contributed by atoms with Gasteiger partial charge in [-0.2, -0.15) is 0 Å². The summed E-state index contributed by atoms with van der Waals surface area (Å²) < 4.78 is 35.7. The van der Waals surface area contributed by atoms with Gasteiger partial charge in [0.2, 0.25) is 10.0 Å². The number of imide groups is 1. The van der Waals surface area contributed by atoms with E-state index in [1.807, 2.05) is 5.32 Å². The number of esters is 1. The van der Waals surface area contributed by atoms with Crippen molar-refractivity contribution in [2.75, 3.05) is 13.2 Å². The number of sulfonamides is 1. The summed E-state index contributed by atoms with van der Waals surface area (Å²) >= 11 is 0. The minimum atomic E-state index is -3.71. The van der Waals surface area contributed by atoms with Gasteiger partial charge in [-0.3, -0.25) is 14.9 Å². The normalized spacial score (nSPS) is 10.8. The molecule has 142 valence electrons. The smallest absolute Gasteiger partial charge is 0.338 e. The Morgan fingerprint density at radius 2 is 1.85 bits per heavy atom. The Balaban J connectivity index is 1.89. The van der Waals surface area contributed by atoms with Crippen molar-refractivity contribution in [3.05, 3.63) is 66.6 Å². The third kappa shape index (κ3) is 5.62. The fourth-order valence-electron chi connectivity index (χ4n) is 1.87. The quantitative estimate of drug-likeness (QED) is 0.503. The Labute approximate surface area is 155 Å². The molecule has 0 aliphatic heterocycles. The highest BCUT2D eigenvalue weighted by Gasteiger charge is 2.17. The van der Waals surface area contributed by atoms with Crippen LogP contribution >= 0.6 is 0 Å². The number of carbonyl (C=O) groups excluding carboxylic acids is 3. The van der Waals surface area contributed by atoms with E-state index in [9.17, 15) is 22.8 Å². The third-order valence-corrected chi connectivity index (χ3v) is 4.59.